The van der Waals surface area contributed by atoms with Crippen LogP contribution in [0.5, 0.6) is 5.75 Å². The highest BCUT2D eigenvalue weighted by Gasteiger charge is 2.17. The summed E-state index contributed by atoms with van der Waals surface area (Å²) in [4.78, 5) is 24.0. The van der Waals surface area contributed by atoms with Gasteiger partial charge in [-0.15, -0.1) is 0 Å². The van der Waals surface area contributed by atoms with Gasteiger partial charge in [0.05, 0.1) is 10.4 Å². The Morgan fingerprint density at radius 1 is 1.18 bits per heavy atom. The van der Waals surface area contributed by atoms with Crippen LogP contribution in [0.2, 0.25) is 5.02 Å². The molecule has 1 N–H and O–H groups in total. The quantitative estimate of drug-likeness (QED) is 0.725. The lowest BCUT2D eigenvalue weighted by Crippen LogP contribution is -2.04. The number of benzene rings is 2. The highest BCUT2D eigenvalue weighted by atomic mass is 35.5. The van der Waals surface area contributed by atoms with Crippen LogP contribution in [-0.2, 0) is 0 Å². The summed E-state index contributed by atoms with van der Waals surface area (Å²) in [6.07, 6.45) is 0. The van der Waals surface area contributed by atoms with E-state index in [1.54, 1.807) is 24.3 Å². The molecule has 5 heteroatoms. The van der Waals surface area contributed by atoms with Crippen molar-refractivity contribution < 1.29 is 14.3 Å². The van der Waals surface area contributed by atoms with Crippen molar-refractivity contribution in [2.75, 3.05) is 0 Å². The first kappa shape index (κ1) is 14.4. The maximum atomic E-state index is 12.3. The molecule has 0 radical (unpaired) electrons. The number of fused-ring (bicyclic) bond motifs is 1. The summed E-state index contributed by atoms with van der Waals surface area (Å²) in [5, 5.41) is 10.5. The summed E-state index contributed by atoms with van der Waals surface area (Å²) in [7, 11) is 0. The number of carbonyl (C=O) groups is 1. The molecule has 0 aliphatic carbocycles. The van der Waals surface area contributed by atoms with E-state index in [0.29, 0.717) is 10.6 Å². The molecule has 1 heterocycles. The van der Waals surface area contributed by atoms with E-state index < -0.39 is 0 Å². The Morgan fingerprint density at radius 2 is 1.91 bits per heavy atom. The largest absolute Gasteiger partial charge is 0.507 e. The predicted octanol–water partition coefficient (Wildman–Crippen LogP) is 4.02. The van der Waals surface area contributed by atoms with Gasteiger partial charge in [-0.25, -0.2) is 0 Å². The summed E-state index contributed by atoms with van der Waals surface area (Å²) in [6, 6.07) is 11.0. The average Bonchev–Trinajstić information content (AvgIpc) is 2.46. The molecular formula is C17H11ClO4. The second-order valence-corrected chi connectivity index (χ2v) is 5.25. The molecule has 110 valence electrons. The normalized spacial score (nSPS) is 10.8. The Morgan fingerprint density at radius 3 is 2.59 bits per heavy atom. The van der Waals surface area contributed by atoms with Gasteiger partial charge in [-0.1, -0.05) is 23.7 Å². The lowest BCUT2D eigenvalue weighted by atomic mass is 10.1. The van der Waals surface area contributed by atoms with Gasteiger partial charge in [-0.2, -0.15) is 0 Å². The molecule has 0 saturated carbocycles. The fourth-order valence-corrected chi connectivity index (χ4v) is 2.57. The summed E-state index contributed by atoms with van der Waals surface area (Å²) < 4.78 is 5.72. The Kier molecular flexibility index (Phi) is 3.47. The molecule has 0 aliphatic heterocycles. The molecule has 4 nitrogen and oxygen atoms in total. The minimum Gasteiger partial charge on any atom is -0.507 e. The van der Waals surface area contributed by atoms with E-state index in [0.717, 1.165) is 0 Å². The lowest BCUT2D eigenvalue weighted by Gasteiger charge is -2.08. The molecule has 2 aromatic carbocycles. The fourth-order valence-electron chi connectivity index (χ4n) is 2.34. The van der Waals surface area contributed by atoms with Crippen LogP contribution < -0.4 is 5.43 Å². The lowest BCUT2D eigenvalue weighted by molar-refractivity contribution is 0.101. The fraction of sp³-hybridized carbons (Fsp3) is 0.0588. The zero-order chi connectivity index (χ0) is 15.9. The number of Topliss-reactive ketones (excluding diaryl/α,β-unsaturated/α-hetero) is 1. The van der Waals surface area contributed by atoms with Gasteiger partial charge in [0.2, 0.25) is 0 Å². The summed E-state index contributed by atoms with van der Waals surface area (Å²) in [5.41, 5.74) is 0.290. The van der Waals surface area contributed by atoms with Crippen LogP contribution in [0.4, 0.5) is 0 Å². The zero-order valence-corrected chi connectivity index (χ0v) is 12.3. The first-order chi connectivity index (χ1) is 10.5. The molecule has 0 spiro atoms. The monoisotopic (exact) mass is 314 g/mol. The van der Waals surface area contributed by atoms with Gasteiger partial charge >= 0.3 is 0 Å². The Labute approximate surface area is 130 Å². The number of ketones is 1. The number of rotatable bonds is 2. The van der Waals surface area contributed by atoms with Crippen molar-refractivity contribution in [2.45, 2.75) is 6.92 Å². The minimum absolute atomic E-state index is 0.0106. The smallest absolute Gasteiger partial charge is 0.193 e. The molecule has 0 amide bonds. The van der Waals surface area contributed by atoms with Gasteiger partial charge in [-0.05, 0) is 31.2 Å². The number of hydrogen-bond acceptors (Lipinski definition) is 4. The van der Waals surface area contributed by atoms with Crippen molar-refractivity contribution in [1.82, 2.24) is 0 Å². The molecule has 22 heavy (non-hydrogen) atoms. The van der Waals surface area contributed by atoms with Crippen LogP contribution in [0.3, 0.4) is 0 Å². The summed E-state index contributed by atoms with van der Waals surface area (Å²) >= 11 is 6.12. The molecule has 0 unspecified atom stereocenters. The van der Waals surface area contributed by atoms with Crippen molar-refractivity contribution in [3.63, 3.8) is 0 Å². The first-order valence-electron chi connectivity index (χ1n) is 6.54. The Hall–Kier alpha value is -2.59. The van der Waals surface area contributed by atoms with Crippen molar-refractivity contribution in [2.24, 2.45) is 0 Å². The minimum atomic E-state index is -0.387. The van der Waals surface area contributed by atoms with E-state index in [1.807, 2.05) is 0 Å². The van der Waals surface area contributed by atoms with Gasteiger partial charge in [0.1, 0.15) is 17.1 Å². The van der Waals surface area contributed by atoms with Crippen LogP contribution in [0.1, 0.15) is 17.3 Å². The van der Waals surface area contributed by atoms with Gasteiger partial charge in [0.25, 0.3) is 0 Å². The van der Waals surface area contributed by atoms with Gasteiger partial charge < -0.3 is 9.52 Å². The van der Waals surface area contributed by atoms with Crippen molar-refractivity contribution >= 4 is 28.4 Å². The first-order valence-corrected chi connectivity index (χ1v) is 6.92. The van der Waals surface area contributed by atoms with E-state index in [9.17, 15) is 14.7 Å². The number of aromatic hydroxyl groups is 1. The van der Waals surface area contributed by atoms with E-state index in [1.165, 1.54) is 25.1 Å². The molecule has 0 fully saturated rings. The third-order valence-corrected chi connectivity index (χ3v) is 3.70. The number of hydrogen-bond donors (Lipinski definition) is 1. The van der Waals surface area contributed by atoms with Gasteiger partial charge in [0, 0.05) is 11.6 Å². The maximum absolute atomic E-state index is 12.3. The number of carbonyl (C=O) groups excluding carboxylic acids is 1. The highest BCUT2D eigenvalue weighted by Crippen LogP contribution is 2.32. The molecule has 1 aromatic heterocycles. The van der Waals surface area contributed by atoms with Crippen LogP contribution in [0, 0.1) is 0 Å². The summed E-state index contributed by atoms with van der Waals surface area (Å²) in [5.74, 6) is -0.363. The van der Waals surface area contributed by atoms with Gasteiger partial charge in [0.15, 0.2) is 16.8 Å². The Bertz CT molecular complexity index is 957. The SMILES string of the molecule is CC(=O)c1c(O)ccc2c(=O)cc(-c3ccccc3Cl)oc12. The number of halogens is 1. The third-order valence-electron chi connectivity index (χ3n) is 3.37. The molecule has 3 aromatic rings. The van der Waals surface area contributed by atoms with Crippen LogP contribution in [0.15, 0.2) is 51.7 Å². The Balaban J connectivity index is 2.42. The topological polar surface area (TPSA) is 67.5 Å². The second kappa shape index (κ2) is 5.31. The molecule has 0 bridgehead atoms. The van der Waals surface area contributed by atoms with Crippen molar-refractivity contribution in [3.8, 4) is 17.1 Å². The van der Waals surface area contributed by atoms with Crippen LogP contribution in [0.25, 0.3) is 22.3 Å². The standard InChI is InChI=1S/C17H11ClO4/c1-9(19)16-13(20)7-6-11-14(21)8-15(22-17(11)16)10-4-2-3-5-12(10)18/h2-8,20H,1H3. The predicted molar refractivity (Wildman–Crippen MR) is 84.6 cm³/mol. The molecule has 0 atom stereocenters. The summed E-state index contributed by atoms with van der Waals surface area (Å²) in [6.45, 7) is 1.30. The molecule has 3 rings (SSSR count). The van der Waals surface area contributed by atoms with Crippen LogP contribution in [-0.4, -0.2) is 10.9 Å². The third kappa shape index (κ3) is 2.27. The average molecular weight is 315 g/mol. The molecule has 0 saturated heterocycles. The maximum Gasteiger partial charge on any atom is 0.193 e. The number of phenols is 1. The second-order valence-electron chi connectivity index (χ2n) is 4.85. The number of phenolic OH excluding ortho intramolecular Hbond substituents is 1. The van der Waals surface area contributed by atoms with E-state index in [-0.39, 0.29) is 39.3 Å². The zero-order valence-electron chi connectivity index (χ0n) is 11.6. The highest BCUT2D eigenvalue weighted by molar-refractivity contribution is 6.33. The van der Waals surface area contributed by atoms with Crippen molar-refractivity contribution in [1.29, 1.82) is 0 Å². The van der Waals surface area contributed by atoms with E-state index in [4.69, 9.17) is 16.0 Å². The van der Waals surface area contributed by atoms with Gasteiger partial charge in [-0.3, -0.25) is 9.59 Å². The van der Waals surface area contributed by atoms with Crippen molar-refractivity contribution in [3.05, 3.63) is 63.3 Å². The molecule has 0 aliphatic rings. The van der Waals surface area contributed by atoms with E-state index in [2.05, 4.69) is 0 Å². The van der Waals surface area contributed by atoms with Crippen LogP contribution >= 0.6 is 11.6 Å². The van der Waals surface area contributed by atoms with E-state index >= 15 is 0 Å². The molecular weight excluding hydrogens is 304 g/mol.